The van der Waals surface area contributed by atoms with E-state index in [2.05, 4.69) is 15.5 Å². The Morgan fingerprint density at radius 3 is 2.76 bits per heavy atom. The van der Waals surface area contributed by atoms with Gasteiger partial charge in [-0.25, -0.2) is 4.98 Å². The number of hydrogen-bond donors (Lipinski definition) is 1. The maximum Gasteiger partial charge on any atom is 0.315 e. The molecular formula is C20H20N4O4S. The minimum atomic E-state index is -0.495. The van der Waals surface area contributed by atoms with Gasteiger partial charge in [0.25, 0.3) is 0 Å². The van der Waals surface area contributed by atoms with Crippen LogP contribution in [-0.2, 0) is 6.61 Å². The van der Waals surface area contributed by atoms with Crippen molar-refractivity contribution in [3.63, 3.8) is 0 Å². The highest BCUT2D eigenvalue weighted by Gasteiger charge is 2.22. The summed E-state index contributed by atoms with van der Waals surface area (Å²) in [4.78, 5) is 15.4. The van der Waals surface area contributed by atoms with Crippen LogP contribution in [0.15, 0.2) is 46.9 Å². The summed E-state index contributed by atoms with van der Waals surface area (Å²) in [5.41, 5.74) is 5.98. The number of nitrogens with one attached hydrogen (secondary N) is 1. The van der Waals surface area contributed by atoms with E-state index < -0.39 is 4.92 Å². The number of aryl methyl sites for hydroxylation is 2. The van der Waals surface area contributed by atoms with Crippen molar-refractivity contribution >= 4 is 28.4 Å². The van der Waals surface area contributed by atoms with Gasteiger partial charge in [-0.15, -0.1) is 11.3 Å². The molecule has 0 aliphatic carbocycles. The van der Waals surface area contributed by atoms with E-state index >= 15 is 0 Å². The highest BCUT2D eigenvalue weighted by molar-refractivity contribution is 7.13. The van der Waals surface area contributed by atoms with E-state index in [1.807, 2.05) is 43.5 Å². The summed E-state index contributed by atoms with van der Waals surface area (Å²) in [6.45, 7) is 4.04. The van der Waals surface area contributed by atoms with Gasteiger partial charge in [0.15, 0.2) is 5.75 Å². The summed E-state index contributed by atoms with van der Waals surface area (Å²) < 4.78 is 11.1. The number of benzene rings is 2. The average Bonchev–Trinajstić information content (AvgIpc) is 3.12. The Kier molecular flexibility index (Phi) is 6.40. The topological polar surface area (TPSA) is 98.9 Å². The van der Waals surface area contributed by atoms with Gasteiger partial charge in [0.1, 0.15) is 6.61 Å². The third kappa shape index (κ3) is 5.08. The van der Waals surface area contributed by atoms with E-state index in [0.29, 0.717) is 10.7 Å². The van der Waals surface area contributed by atoms with Crippen molar-refractivity contribution in [1.82, 2.24) is 4.98 Å². The van der Waals surface area contributed by atoms with E-state index in [-0.39, 0.29) is 23.8 Å². The zero-order valence-corrected chi connectivity index (χ0v) is 17.0. The van der Waals surface area contributed by atoms with Crippen LogP contribution >= 0.6 is 11.3 Å². The quantitative estimate of drug-likeness (QED) is 0.327. The summed E-state index contributed by atoms with van der Waals surface area (Å²) in [6.07, 6.45) is 1.47. The molecule has 150 valence electrons. The molecule has 2 aromatic carbocycles. The van der Waals surface area contributed by atoms with Crippen molar-refractivity contribution in [2.75, 3.05) is 12.5 Å². The highest BCUT2D eigenvalue weighted by Crippen LogP contribution is 2.38. The number of nitro groups is 1. The number of aromatic nitrogens is 1. The molecule has 0 amide bonds. The zero-order chi connectivity index (χ0) is 20.8. The molecule has 0 atom stereocenters. The summed E-state index contributed by atoms with van der Waals surface area (Å²) in [5.74, 6) is 0.348. The first-order chi connectivity index (χ1) is 14.0. The maximum atomic E-state index is 11.6. The van der Waals surface area contributed by atoms with Gasteiger partial charge in [0.2, 0.25) is 10.9 Å². The molecule has 0 aliphatic rings. The van der Waals surface area contributed by atoms with Crippen molar-refractivity contribution in [3.05, 3.63) is 74.3 Å². The van der Waals surface area contributed by atoms with Crippen LogP contribution in [0.3, 0.4) is 0 Å². The van der Waals surface area contributed by atoms with Gasteiger partial charge in [-0.1, -0.05) is 24.3 Å². The van der Waals surface area contributed by atoms with Gasteiger partial charge >= 0.3 is 5.69 Å². The van der Waals surface area contributed by atoms with Crippen molar-refractivity contribution < 1.29 is 14.4 Å². The van der Waals surface area contributed by atoms with E-state index in [4.69, 9.17) is 9.47 Å². The van der Waals surface area contributed by atoms with Crippen LogP contribution in [0.1, 0.15) is 22.4 Å². The molecule has 0 saturated heterocycles. The Labute approximate surface area is 172 Å². The van der Waals surface area contributed by atoms with E-state index in [9.17, 15) is 10.1 Å². The number of nitro benzene ring substituents is 1. The molecule has 3 aromatic rings. The minimum Gasteiger partial charge on any atom is -0.493 e. The zero-order valence-electron chi connectivity index (χ0n) is 16.2. The molecule has 9 heteroatoms. The van der Waals surface area contributed by atoms with Crippen molar-refractivity contribution in [3.8, 4) is 11.5 Å². The molecule has 8 nitrogen and oxygen atoms in total. The second kappa shape index (κ2) is 9.16. The van der Waals surface area contributed by atoms with Gasteiger partial charge in [-0.3, -0.25) is 15.5 Å². The van der Waals surface area contributed by atoms with Crippen LogP contribution in [0.25, 0.3) is 0 Å². The fraction of sp³-hybridized carbons (Fsp3) is 0.200. The lowest BCUT2D eigenvalue weighted by molar-refractivity contribution is -0.386. The molecule has 0 fully saturated rings. The molecule has 0 unspecified atom stereocenters. The highest BCUT2D eigenvalue weighted by atomic mass is 32.1. The SMILES string of the molecule is COc1cc(/C=N\Nc2nc(C)cs2)cc([N+](=O)[O-])c1OCc1ccccc1C. The Morgan fingerprint density at radius 1 is 1.31 bits per heavy atom. The number of methoxy groups -OCH3 is 1. The Morgan fingerprint density at radius 2 is 2.10 bits per heavy atom. The predicted octanol–water partition coefficient (Wildman–Crippen LogP) is 4.70. The van der Waals surface area contributed by atoms with Crippen molar-refractivity contribution in [2.24, 2.45) is 5.10 Å². The number of ether oxygens (including phenoxy) is 2. The van der Waals surface area contributed by atoms with Crippen LogP contribution in [0, 0.1) is 24.0 Å². The third-order valence-electron chi connectivity index (χ3n) is 4.10. The normalized spacial score (nSPS) is 10.9. The van der Waals surface area contributed by atoms with Crippen LogP contribution in [0.4, 0.5) is 10.8 Å². The summed E-state index contributed by atoms with van der Waals surface area (Å²) in [7, 11) is 1.44. The van der Waals surface area contributed by atoms with Crippen molar-refractivity contribution in [2.45, 2.75) is 20.5 Å². The fourth-order valence-electron chi connectivity index (χ4n) is 2.60. The molecule has 29 heavy (non-hydrogen) atoms. The molecule has 0 saturated carbocycles. The van der Waals surface area contributed by atoms with E-state index in [1.54, 1.807) is 6.07 Å². The number of nitrogens with zero attached hydrogens (tertiary/aromatic N) is 3. The van der Waals surface area contributed by atoms with E-state index in [0.717, 1.165) is 16.8 Å². The maximum absolute atomic E-state index is 11.6. The van der Waals surface area contributed by atoms with Crippen LogP contribution in [0.2, 0.25) is 0 Å². The van der Waals surface area contributed by atoms with Crippen LogP contribution < -0.4 is 14.9 Å². The number of thiazole rings is 1. The molecule has 1 N–H and O–H groups in total. The van der Waals surface area contributed by atoms with Crippen molar-refractivity contribution in [1.29, 1.82) is 0 Å². The summed E-state index contributed by atoms with van der Waals surface area (Å²) >= 11 is 1.42. The van der Waals surface area contributed by atoms with Gasteiger partial charge in [0.05, 0.1) is 23.9 Å². The summed E-state index contributed by atoms with van der Waals surface area (Å²) in [6, 6.07) is 10.7. The molecule has 1 heterocycles. The second-order valence-electron chi connectivity index (χ2n) is 6.21. The molecule has 1 aromatic heterocycles. The fourth-order valence-corrected chi connectivity index (χ4v) is 3.24. The third-order valence-corrected chi connectivity index (χ3v) is 4.97. The Balaban J connectivity index is 1.84. The predicted molar refractivity (Wildman–Crippen MR) is 113 cm³/mol. The Bertz CT molecular complexity index is 1050. The lowest BCUT2D eigenvalue weighted by atomic mass is 10.1. The largest absolute Gasteiger partial charge is 0.493 e. The molecule has 3 rings (SSSR count). The van der Waals surface area contributed by atoms with E-state index in [1.165, 1.54) is 30.7 Å². The number of hydrazone groups is 1. The molecule has 0 aliphatic heterocycles. The number of rotatable bonds is 8. The molecule has 0 radical (unpaired) electrons. The Hall–Kier alpha value is -3.46. The van der Waals surface area contributed by atoms with Crippen LogP contribution in [-0.4, -0.2) is 23.2 Å². The lowest BCUT2D eigenvalue weighted by Crippen LogP contribution is -2.04. The first-order valence-electron chi connectivity index (χ1n) is 8.73. The molecule has 0 spiro atoms. The van der Waals surface area contributed by atoms with Gasteiger partial charge in [-0.2, -0.15) is 5.10 Å². The van der Waals surface area contributed by atoms with Gasteiger partial charge in [-0.05, 0) is 31.0 Å². The minimum absolute atomic E-state index is 0.0846. The molecule has 0 bridgehead atoms. The standard InChI is InChI=1S/C20H20N4O4S/c1-13-6-4-5-7-16(13)11-28-19-17(24(25)26)8-15(9-18(19)27-3)10-21-23-20-22-14(2)12-29-20/h4-10,12H,11H2,1-3H3,(H,22,23)/b21-10-. The first-order valence-corrected chi connectivity index (χ1v) is 9.61. The monoisotopic (exact) mass is 412 g/mol. The average molecular weight is 412 g/mol. The first kappa shape index (κ1) is 20.3. The smallest absolute Gasteiger partial charge is 0.315 e. The molecular weight excluding hydrogens is 392 g/mol. The summed E-state index contributed by atoms with van der Waals surface area (Å²) in [5, 5.41) is 18.2. The van der Waals surface area contributed by atoms with Gasteiger partial charge in [0, 0.05) is 17.0 Å². The number of hydrogen-bond acceptors (Lipinski definition) is 8. The second-order valence-corrected chi connectivity index (χ2v) is 7.07. The lowest BCUT2D eigenvalue weighted by Gasteiger charge is -2.13. The number of anilines is 1. The van der Waals surface area contributed by atoms with Gasteiger partial charge < -0.3 is 9.47 Å². The van der Waals surface area contributed by atoms with Crippen LogP contribution in [0.5, 0.6) is 11.5 Å².